The van der Waals surface area contributed by atoms with Gasteiger partial charge in [0.15, 0.2) is 0 Å². The Morgan fingerprint density at radius 1 is 0.862 bits per heavy atom. The lowest BCUT2D eigenvalue weighted by molar-refractivity contribution is -0.156. The molecule has 0 saturated carbocycles. The minimum atomic E-state index is -2.33. The van der Waals surface area contributed by atoms with Crippen molar-refractivity contribution in [3.63, 3.8) is 0 Å². The monoisotopic (exact) mass is 426 g/mol. The SMILES string of the molecule is C=CC(=O)OC(=O)CCC(=C)C(=O)OCCC(=O)O[Si](C(C)C)(C(C)C)C(C)C. The molecule has 0 radical (unpaired) electrons. The number of esters is 3. The van der Waals surface area contributed by atoms with E-state index in [1.807, 2.05) is 0 Å². The van der Waals surface area contributed by atoms with Crippen molar-refractivity contribution in [3.8, 4) is 0 Å². The molecule has 0 aliphatic heterocycles. The highest BCUT2D eigenvalue weighted by atomic mass is 28.4. The molecule has 7 nitrogen and oxygen atoms in total. The maximum absolute atomic E-state index is 12.4. The molecule has 8 heteroatoms. The van der Waals surface area contributed by atoms with Gasteiger partial charge in [-0.3, -0.25) is 9.59 Å². The minimum absolute atomic E-state index is 0.0173. The van der Waals surface area contributed by atoms with Gasteiger partial charge in [0.25, 0.3) is 14.3 Å². The number of ether oxygens (including phenoxy) is 2. The summed E-state index contributed by atoms with van der Waals surface area (Å²) in [6, 6.07) is 0. The average Bonchev–Trinajstić information content (AvgIpc) is 2.62. The molecule has 0 aromatic heterocycles. The van der Waals surface area contributed by atoms with Crippen LogP contribution in [0.25, 0.3) is 0 Å². The summed E-state index contributed by atoms with van der Waals surface area (Å²) in [5.41, 5.74) is 0.848. The van der Waals surface area contributed by atoms with Crippen LogP contribution in [0, 0.1) is 0 Å². The van der Waals surface area contributed by atoms with Crippen molar-refractivity contribution in [2.75, 3.05) is 6.61 Å². The third kappa shape index (κ3) is 8.35. The van der Waals surface area contributed by atoms with E-state index in [9.17, 15) is 19.2 Å². The van der Waals surface area contributed by atoms with Crippen LogP contribution in [-0.2, 0) is 33.1 Å². The van der Waals surface area contributed by atoms with Crippen LogP contribution in [-0.4, -0.2) is 38.8 Å². The second-order valence-electron chi connectivity index (χ2n) is 7.78. The molecule has 164 valence electrons. The zero-order valence-electron chi connectivity index (χ0n) is 18.4. The van der Waals surface area contributed by atoms with Gasteiger partial charge in [-0.2, -0.15) is 0 Å². The van der Waals surface area contributed by atoms with Gasteiger partial charge >= 0.3 is 17.9 Å². The summed E-state index contributed by atoms with van der Waals surface area (Å²) in [6.45, 7) is 19.1. The normalized spacial score (nSPS) is 11.3. The first-order valence-electron chi connectivity index (χ1n) is 9.82. The highest BCUT2D eigenvalue weighted by molar-refractivity contribution is 6.78. The van der Waals surface area contributed by atoms with Crippen molar-refractivity contribution < 1.29 is 33.1 Å². The molecular weight excluding hydrogens is 392 g/mol. The van der Waals surface area contributed by atoms with Crippen LogP contribution in [0.15, 0.2) is 24.8 Å². The quantitative estimate of drug-likeness (QED) is 0.199. The standard InChI is InChI=1S/C21H34O7Si/c1-9-18(22)27-19(23)11-10-17(8)21(25)26-13-12-20(24)28-29(14(2)3,15(4)5)16(6)7/h9,14-16H,1,8,10-13H2,2-7H3. The highest BCUT2D eigenvalue weighted by Crippen LogP contribution is 2.42. The molecule has 0 fully saturated rings. The van der Waals surface area contributed by atoms with E-state index in [1.54, 1.807) is 0 Å². The average molecular weight is 427 g/mol. The second-order valence-corrected chi connectivity index (χ2v) is 13.2. The Hall–Kier alpha value is -2.22. The summed E-state index contributed by atoms with van der Waals surface area (Å²) < 4.78 is 15.4. The molecule has 0 amide bonds. The third-order valence-electron chi connectivity index (χ3n) is 4.84. The van der Waals surface area contributed by atoms with Gasteiger partial charge < -0.3 is 13.9 Å². The van der Waals surface area contributed by atoms with Crippen LogP contribution in [0.1, 0.15) is 60.8 Å². The zero-order chi connectivity index (χ0) is 22.8. The molecule has 0 heterocycles. The largest absolute Gasteiger partial charge is 0.518 e. The van der Waals surface area contributed by atoms with Gasteiger partial charge in [0.2, 0.25) is 0 Å². The van der Waals surface area contributed by atoms with Gasteiger partial charge in [-0.05, 0) is 23.0 Å². The molecule has 0 spiro atoms. The van der Waals surface area contributed by atoms with E-state index in [1.165, 1.54) is 0 Å². The van der Waals surface area contributed by atoms with Crippen molar-refractivity contribution in [2.45, 2.75) is 77.4 Å². The Morgan fingerprint density at radius 3 is 1.83 bits per heavy atom. The molecule has 0 N–H and O–H groups in total. The van der Waals surface area contributed by atoms with Crippen molar-refractivity contribution in [1.29, 1.82) is 0 Å². The Morgan fingerprint density at radius 2 is 1.38 bits per heavy atom. The van der Waals surface area contributed by atoms with E-state index in [0.29, 0.717) is 0 Å². The summed E-state index contributed by atoms with van der Waals surface area (Å²) in [5.74, 6) is -2.73. The predicted molar refractivity (Wildman–Crippen MR) is 112 cm³/mol. The molecule has 0 aromatic carbocycles. The van der Waals surface area contributed by atoms with Gasteiger partial charge in [-0.1, -0.05) is 54.7 Å². The van der Waals surface area contributed by atoms with E-state index < -0.39 is 26.2 Å². The fourth-order valence-corrected chi connectivity index (χ4v) is 8.69. The molecule has 0 aliphatic rings. The number of carbonyl (C=O) groups excluding carboxylic acids is 4. The number of rotatable bonds is 12. The molecule has 0 bridgehead atoms. The molecule has 0 atom stereocenters. The molecule has 29 heavy (non-hydrogen) atoms. The van der Waals surface area contributed by atoms with Crippen molar-refractivity contribution in [2.24, 2.45) is 0 Å². The molecule has 0 aromatic rings. The third-order valence-corrected chi connectivity index (χ3v) is 10.8. The maximum atomic E-state index is 12.4. The van der Waals surface area contributed by atoms with E-state index in [2.05, 4.69) is 59.4 Å². The fourth-order valence-electron chi connectivity index (χ4n) is 3.49. The summed E-state index contributed by atoms with van der Waals surface area (Å²) >= 11 is 0. The number of hydrogen-bond acceptors (Lipinski definition) is 7. The number of hydrogen-bond donors (Lipinski definition) is 0. The smallest absolute Gasteiger partial charge is 0.337 e. The minimum Gasteiger partial charge on any atom is -0.518 e. The van der Waals surface area contributed by atoms with E-state index in [0.717, 1.165) is 6.08 Å². The Labute approximate surface area is 174 Å². The first kappa shape index (κ1) is 26.8. The highest BCUT2D eigenvalue weighted by Gasteiger charge is 2.48. The van der Waals surface area contributed by atoms with Crippen molar-refractivity contribution >= 4 is 32.2 Å². The molecule has 0 rings (SSSR count). The first-order valence-corrected chi connectivity index (χ1v) is 12.0. The van der Waals surface area contributed by atoms with Gasteiger partial charge in [0.1, 0.15) is 6.61 Å². The maximum Gasteiger partial charge on any atom is 0.337 e. The summed E-state index contributed by atoms with van der Waals surface area (Å²) in [5, 5.41) is 0. The lowest BCUT2D eigenvalue weighted by atomic mass is 10.2. The van der Waals surface area contributed by atoms with Gasteiger partial charge in [0.05, 0.1) is 12.8 Å². The van der Waals surface area contributed by atoms with Crippen LogP contribution in [0.2, 0.25) is 16.6 Å². The lowest BCUT2D eigenvalue weighted by Gasteiger charge is -2.41. The van der Waals surface area contributed by atoms with Gasteiger partial charge in [-0.15, -0.1) is 0 Å². The summed E-state index contributed by atoms with van der Waals surface area (Å²) in [6.07, 6.45) is 0.614. The van der Waals surface area contributed by atoms with Crippen LogP contribution in [0.4, 0.5) is 0 Å². The molecule has 0 aliphatic carbocycles. The van der Waals surface area contributed by atoms with E-state index in [-0.39, 0.29) is 54.0 Å². The Balaban J connectivity index is 4.53. The van der Waals surface area contributed by atoms with Crippen LogP contribution < -0.4 is 0 Å². The van der Waals surface area contributed by atoms with Crippen LogP contribution >= 0.6 is 0 Å². The van der Waals surface area contributed by atoms with Crippen molar-refractivity contribution in [3.05, 3.63) is 24.8 Å². The molecular formula is C21H34O7Si. The summed E-state index contributed by atoms with van der Waals surface area (Å²) in [7, 11) is -2.33. The first-order chi connectivity index (χ1) is 13.4. The Kier molecular flexibility index (Phi) is 11.4. The summed E-state index contributed by atoms with van der Waals surface area (Å²) in [4.78, 5) is 46.6. The number of carbonyl (C=O) groups is 4. The second kappa shape index (κ2) is 12.4. The fraction of sp³-hybridized carbons (Fsp3) is 0.619. The van der Waals surface area contributed by atoms with Crippen LogP contribution in [0.3, 0.4) is 0 Å². The molecule has 0 saturated heterocycles. The predicted octanol–water partition coefficient (Wildman–Crippen LogP) is 4.23. The topological polar surface area (TPSA) is 96.0 Å². The van der Waals surface area contributed by atoms with Crippen LogP contribution in [0.5, 0.6) is 0 Å². The van der Waals surface area contributed by atoms with E-state index >= 15 is 0 Å². The van der Waals surface area contributed by atoms with Gasteiger partial charge in [-0.25, -0.2) is 9.59 Å². The Bertz CT molecular complexity index is 613. The van der Waals surface area contributed by atoms with Crippen molar-refractivity contribution in [1.82, 2.24) is 0 Å². The van der Waals surface area contributed by atoms with E-state index in [4.69, 9.17) is 9.16 Å². The zero-order valence-corrected chi connectivity index (χ0v) is 19.4. The lowest BCUT2D eigenvalue weighted by Crippen LogP contribution is -2.49. The molecule has 0 unspecified atom stereocenters. The van der Waals surface area contributed by atoms with Gasteiger partial charge in [0, 0.05) is 11.6 Å².